The molecule has 2 aromatic rings. The van der Waals surface area contributed by atoms with Crippen LogP contribution in [0.1, 0.15) is 23.4 Å². The maximum atomic E-state index is 13.2. The summed E-state index contributed by atoms with van der Waals surface area (Å²) in [7, 11) is 0. The van der Waals surface area contributed by atoms with E-state index < -0.39 is 0 Å². The molecule has 0 spiro atoms. The summed E-state index contributed by atoms with van der Waals surface area (Å²) in [6, 6.07) is 8.40. The molecule has 84 valence electrons. The van der Waals surface area contributed by atoms with E-state index in [0.717, 1.165) is 30.5 Å². The van der Waals surface area contributed by atoms with Crippen molar-refractivity contribution in [3.05, 3.63) is 47.0 Å². The lowest BCUT2D eigenvalue weighted by Gasteiger charge is -2.04. The largest absolute Gasteiger partial charge is 0.236 e. The van der Waals surface area contributed by atoms with Crippen molar-refractivity contribution in [2.24, 2.45) is 0 Å². The van der Waals surface area contributed by atoms with Gasteiger partial charge in [0.05, 0.1) is 5.69 Å². The third kappa shape index (κ3) is 1.51. The fraction of sp³-hybridized carbons (Fsp3) is 0.231. The van der Waals surface area contributed by atoms with Gasteiger partial charge in [-0.25, -0.2) is 9.07 Å². The molecule has 17 heavy (non-hydrogen) atoms. The van der Waals surface area contributed by atoms with Crippen LogP contribution in [0.15, 0.2) is 24.3 Å². The van der Waals surface area contributed by atoms with Crippen molar-refractivity contribution in [1.82, 2.24) is 9.78 Å². The van der Waals surface area contributed by atoms with Crippen molar-refractivity contribution in [3.63, 3.8) is 0 Å². The van der Waals surface area contributed by atoms with Crippen LogP contribution in [-0.4, -0.2) is 9.78 Å². The van der Waals surface area contributed by atoms with Gasteiger partial charge in [-0.1, -0.05) is 6.07 Å². The number of nitriles is 1. The highest BCUT2D eigenvalue weighted by Gasteiger charge is 2.22. The number of fused-ring (bicyclic) bond motifs is 1. The van der Waals surface area contributed by atoms with Crippen LogP contribution in [0, 0.1) is 17.1 Å². The van der Waals surface area contributed by atoms with Gasteiger partial charge < -0.3 is 0 Å². The van der Waals surface area contributed by atoms with E-state index >= 15 is 0 Å². The van der Waals surface area contributed by atoms with Crippen LogP contribution in [0.3, 0.4) is 0 Å². The number of nitrogens with zero attached hydrogens (tertiary/aromatic N) is 3. The summed E-state index contributed by atoms with van der Waals surface area (Å²) in [6.07, 6.45) is 2.84. The van der Waals surface area contributed by atoms with Gasteiger partial charge in [0, 0.05) is 11.3 Å². The van der Waals surface area contributed by atoms with E-state index in [1.807, 2.05) is 0 Å². The molecular formula is C13H10FN3. The predicted octanol–water partition coefficient (Wildman–Crippen LogP) is 2.37. The van der Waals surface area contributed by atoms with Gasteiger partial charge in [0.15, 0.2) is 5.69 Å². The normalized spacial score (nSPS) is 13.4. The molecule has 0 saturated carbocycles. The zero-order valence-electron chi connectivity index (χ0n) is 9.15. The summed E-state index contributed by atoms with van der Waals surface area (Å²) >= 11 is 0. The first-order chi connectivity index (χ1) is 8.29. The van der Waals surface area contributed by atoms with Crippen LogP contribution >= 0.6 is 0 Å². The third-order valence-electron chi connectivity index (χ3n) is 3.09. The highest BCUT2D eigenvalue weighted by molar-refractivity contribution is 5.43. The summed E-state index contributed by atoms with van der Waals surface area (Å²) in [4.78, 5) is 0. The van der Waals surface area contributed by atoms with Crippen LogP contribution in [0.5, 0.6) is 0 Å². The summed E-state index contributed by atoms with van der Waals surface area (Å²) in [5.41, 5.74) is 3.23. The Morgan fingerprint density at radius 1 is 1.35 bits per heavy atom. The molecule has 1 heterocycles. The second kappa shape index (κ2) is 3.70. The maximum Gasteiger partial charge on any atom is 0.166 e. The molecule has 3 nitrogen and oxygen atoms in total. The lowest BCUT2D eigenvalue weighted by Crippen LogP contribution is -2.01. The molecule has 1 aromatic carbocycles. The van der Waals surface area contributed by atoms with Gasteiger partial charge in [-0.15, -0.1) is 0 Å². The molecule has 3 rings (SSSR count). The quantitative estimate of drug-likeness (QED) is 0.750. The van der Waals surface area contributed by atoms with Gasteiger partial charge in [0.1, 0.15) is 11.9 Å². The van der Waals surface area contributed by atoms with Crippen molar-refractivity contribution < 1.29 is 4.39 Å². The Labute approximate surface area is 98.1 Å². The fourth-order valence-corrected chi connectivity index (χ4v) is 2.35. The van der Waals surface area contributed by atoms with Crippen LogP contribution in [0.4, 0.5) is 4.39 Å². The van der Waals surface area contributed by atoms with Gasteiger partial charge in [-0.2, -0.15) is 10.4 Å². The summed E-state index contributed by atoms with van der Waals surface area (Å²) < 4.78 is 14.9. The lowest BCUT2D eigenvalue weighted by atomic mass is 10.2. The molecule has 0 fully saturated rings. The fourth-order valence-electron chi connectivity index (χ4n) is 2.35. The first kappa shape index (κ1) is 10.0. The molecule has 0 saturated heterocycles. The van der Waals surface area contributed by atoms with Gasteiger partial charge in [0.2, 0.25) is 0 Å². The monoisotopic (exact) mass is 227 g/mol. The van der Waals surface area contributed by atoms with E-state index in [2.05, 4.69) is 11.2 Å². The lowest BCUT2D eigenvalue weighted by molar-refractivity contribution is 0.624. The summed E-state index contributed by atoms with van der Waals surface area (Å²) in [6.45, 7) is 0. The van der Waals surface area contributed by atoms with Crippen LogP contribution in [0.2, 0.25) is 0 Å². The molecule has 0 atom stereocenters. The molecule has 0 N–H and O–H groups in total. The van der Waals surface area contributed by atoms with Crippen LogP contribution < -0.4 is 0 Å². The SMILES string of the molecule is N#Cc1nn(-c2cccc(F)c2)c2c1CCC2. The molecular weight excluding hydrogens is 217 g/mol. The van der Waals surface area contributed by atoms with E-state index in [-0.39, 0.29) is 5.82 Å². The van der Waals surface area contributed by atoms with E-state index in [9.17, 15) is 4.39 Å². The third-order valence-corrected chi connectivity index (χ3v) is 3.09. The Hall–Kier alpha value is -2.15. The number of halogens is 1. The van der Waals surface area contributed by atoms with Crippen LogP contribution in [-0.2, 0) is 12.8 Å². The first-order valence-electron chi connectivity index (χ1n) is 5.56. The Morgan fingerprint density at radius 2 is 2.24 bits per heavy atom. The number of benzene rings is 1. The smallest absolute Gasteiger partial charge is 0.166 e. The zero-order chi connectivity index (χ0) is 11.8. The Kier molecular flexibility index (Phi) is 2.19. The maximum absolute atomic E-state index is 13.2. The van der Waals surface area contributed by atoms with Gasteiger partial charge in [0.25, 0.3) is 0 Å². The van der Waals surface area contributed by atoms with Gasteiger partial charge in [-0.05, 0) is 37.5 Å². The number of rotatable bonds is 1. The van der Waals surface area contributed by atoms with Crippen molar-refractivity contribution in [1.29, 1.82) is 5.26 Å². The first-order valence-corrected chi connectivity index (χ1v) is 5.56. The highest BCUT2D eigenvalue weighted by Crippen LogP contribution is 2.27. The van der Waals surface area contributed by atoms with Crippen molar-refractivity contribution in [3.8, 4) is 11.8 Å². The molecule has 0 bridgehead atoms. The highest BCUT2D eigenvalue weighted by atomic mass is 19.1. The summed E-state index contributed by atoms with van der Waals surface area (Å²) in [5, 5.41) is 13.3. The van der Waals surface area contributed by atoms with E-state index in [1.165, 1.54) is 12.1 Å². The van der Waals surface area contributed by atoms with Gasteiger partial charge >= 0.3 is 0 Å². The average molecular weight is 227 g/mol. The number of hydrogen-bond donors (Lipinski definition) is 0. The molecule has 0 radical (unpaired) electrons. The Bertz CT molecular complexity index is 622. The van der Waals surface area contributed by atoms with Gasteiger partial charge in [-0.3, -0.25) is 0 Å². The van der Waals surface area contributed by atoms with E-state index in [0.29, 0.717) is 11.4 Å². The number of hydrogen-bond acceptors (Lipinski definition) is 2. The summed E-state index contributed by atoms with van der Waals surface area (Å²) in [5.74, 6) is -0.289. The second-order valence-corrected chi connectivity index (χ2v) is 4.13. The molecule has 0 aliphatic heterocycles. The van der Waals surface area contributed by atoms with Crippen molar-refractivity contribution >= 4 is 0 Å². The Balaban J connectivity index is 2.19. The topological polar surface area (TPSA) is 41.6 Å². The molecule has 0 unspecified atom stereocenters. The van der Waals surface area contributed by atoms with Crippen LogP contribution in [0.25, 0.3) is 5.69 Å². The van der Waals surface area contributed by atoms with E-state index in [1.54, 1.807) is 16.8 Å². The Morgan fingerprint density at radius 3 is 3.00 bits per heavy atom. The molecule has 1 aliphatic carbocycles. The standard InChI is InChI=1S/C13H10FN3/c14-9-3-1-4-10(7-9)17-13-6-2-5-11(13)12(8-15)16-17/h1,3-4,7H,2,5-6H2. The molecule has 0 amide bonds. The minimum atomic E-state index is -0.289. The van der Waals surface area contributed by atoms with Crippen molar-refractivity contribution in [2.45, 2.75) is 19.3 Å². The number of aromatic nitrogens is 2. The minimum Gasteiger partial charge on any atom is -0.236 e. The predicted molar refractivity (Wildman–Crippen MR) is 60.3 cm³/mol. The average Bonchev–Trinajstić information content (AvgIpc) is 2.89. The molecule has 1 aromatic heterocycles. The molecule has 1 aliphatic rings. The second-order valence-electron chi connectivity index (χ2n) is 4.13. The van der Waals surface area contributed by atoms with E-state index in [4.69, 9.17) is 5.26 Å². The zero-order valence-corrected chi connectivity index (χ0v) is 9.15. The van der Waals surface area contributed by atoms with Crippen molar-refractivity contribution in [2.75, 3.05) is 0 Å². The molecule has 4 heteroatoms. The minimum absolute atomic E-state index is 0.289.